The highest BCUT2D eigenvalue weighted by Crippen LogP contribution is 2.19. The lowest BCUT2D eigenvalue weighted by molar-refractivity contribution is 1.29. The van der Waals surface area contributed by atoms with Crippen LogP contribution in [0.4, 0.5) is 0 Å². The standard InChI is InChI=1S/C11H8N2/c1-8-3-2-4-10-9(8)5-6-13-11(10)7-12/h2-6H,1H3. The van der Waals surface area contributed by atoms with Crippen LogP contribution in [0.1, 0.15) is 11.3 Å². The van der Waals surface area contributed by atoms with E-state index >= 15 is 0 Å². The average molecular weight is 168 g/mol. The van der Waals surface area contributed by atoms with Crippen molar-refractivity contribution in [2.75, 3.05) is 0 Å². The number of aryl methyl sites for hydroxylation is 1. The van der Waals surface area contributed by atoms with Crippen LogP contribution in [0.5, 0.6) is 0 Å². The summed E-state index contributed by atoms with van der Waals surface area (Å²) in [6.45, 7) is 2.03. The molecule has 0 bridgehead atoms. The molecule has 1 aromatic heterocycles. The second kappa shape index (κ2) is 2.87. The second-order valence-electron chi connectivity index (χ2n) is 2.94. The Kier molecular flexibility index (Phi) is 1.71. The quantitative estimate of drug-likeness (QED) is 0.605. The van der Waals surface area contributed by atoms with Crippen LogP contribution in [-0.4, -0.2) is 4.98 Å². The Balaban J connectivity index is 2.94. The number of benzene rings is 1. The number of aromatic nitrogens is 1. The van der Waals surface area contributed by atoms with Gasteiger partial charge in [0.15, 0.2) is 0 Å². The van der Waals surface area contributed by atoms with Crippen LogP contribution < -0.4 is 0 Å². The third kappa shape index (κ3) is 1.15. The molecule has 0 aliphatic rings. The first kappa shape index (κ1) is 7.75. The van der Waals surface area contributed by atoms with Gasteiger partial charge in [-0.3, -0.25) is 0 Å². The van der Waals surface area contributed by atoms with Gasteiger partial charge in [-0.25, -0.2) is 4.98 Å². The maximum Gasteiger partial charge on any atom is 0.148 e. The smallest absolute Gasteiger partial charge is 0.148 e. The predicted molar refractivity (Wildman–Crippen MR) is 51.2 cm³/mol. The Bertz CT molecular complexity index is 495. The Labute approximate surface area is 76.5 Å². The molecule has 62 valence electrons. The first-order chi connectivity index (χ1) is 6.33. The number of nitrogens with zero attached hydrogens (tertiary/aromatic N) is 2. The molecule has 0 saturated heterocycles. The summed E-state index contributed by atoms with van der Waals surface area (Å²) in [7, 11) is 0. The lowest BCUT2D eigenvalue weighted by Crippen LogP contribution is -1.85. The van der Waals surface area contributed by atoms with E-state index in [0.717, 1.165) is 10.8 Å². The summed E-state index contributed by atoms with van der Waals surface area (Å²) in [5, 5.41) is 10.9. The van der Waals surface area contributed by atoms with E-state index in [1.807, 2.05) is 31.2 Å². The van der Waals surface area contributed by atoms with Crippen molar-refractivity contribution in [1.29, 1.82) is 5.26 Å². The van der Waals surface area contributed by atoms with Crippen LogP contribution in [0.2, 0.25) is 0 Å². The van der Waals surface area contributed by atoms with Gasteiger partial charge in [0, 0.05) is 11.6 Å². The molecule has 0 amide bonds. The lowest BCUT2D eigenvalue weighted by atomic mass is 10.1. The maximum atomic E-state index is 8.81. The molecule has 2 aromatic rings. The predicted octanol–water partition coefficient (Wildman–Crippen LogP) is 2.41. The van der Waals surface area contributed by atoms with Crippen molar-refractivity contribution in [2.24, 2.45) is 0 Å². The van der Waals surface area contributed by atoms with Gasteiger partial charge >= 0.3 is 0 Å². The van der Waals surface area contributed by atoms with Crippen LogP contribution in [-0.2, 0) is 0 Å². The molecule has 2 nitrogen and oxygen atoms in total. The Morgan fingerprint density at radius 2 is 2.08 bits per heavy atom. The fourth-order valence-electron chi connectivity index (χ4n) is 1.45. The molecular weight excluding hydrogens is 160 g/mol. The normalized spacial score (nSPS) is 9.85. The molecule has 0 fully saturated rings. The summed E-state index contributed by atoms with van der Waals surface area (Å²) in [5.41, 5.74) is 1.68. The van der Waals surface area contributed by atoms with E-state index in [-0.39, 0.29) is 0 Å². The molecule has 0 atom stereocenters. The molecule has 1 heterocycles. The van der Waals surface area contributed by atoms with Crippen LogP contribution in [0.3, 0.4) is 0 Å². The highest BCUT2D eigenvalue weighted by atomic mass is 14.7. The van der Waals surface area contributed by atoms with Crippen molar-refractivity contribution in [3.63, 3.8) is 0 Å². The third-order valence-corrected chi connectivity index (χ3v) is 2.13. The number of pyridine rings is 1. The first-order valence-electron chi connectivity index (χ1n) is 4.07. The molecule has 0 spiro atoms. The van der Waals surface area contributed by atoms with Gasteiger partial charge in [0.2, 0.25) is 0 Å². The van der Waals surface area contributed by atoms with Crippen LogP contribution in [0, 0.1) is 18.3 Å². The summed E-state index contributed by atoms with van der Waals surface area (Å²) in [5.74, 6) is 0. The molecule has 13 heavy (non-hydrogen) atoms. The van der Waals surface area contributed by atoms with Gasteiger partial charge in [-0.2, -0.15) is 5.26 Å². The molecular formula is C11H8N2. The van der Waals surface area contributed by atoms with E-state index in [0.29, 0.717) is 5.69 Å². The van der Waals surface area contributed by atoms with Crippen molar-refractivity contribution >= 4 is 10.8 Å². The number of hydrogen-bond acceptors (Lipinski definition) is 2. The zero-order valence-electron chi connectivity index (χ0n) is 7.28. The van der Waals surface area contributed by atoms with E-state index in [1.54, 1.807) is 6.20 Å². The van der Waals surface area contributed by atoms with Gasteiger partial charge in [-0.05, 0) is 23.9 Å². The molecule has 0 radical (unpaired) electrons. The fraction of sp³-hybridized carbons (Fsp3) is 0.0909. The van der Waals surface area contributed by atoms with Crippen LogP contribution in [0.15, 0.2) is 30.5 Å². The van der Waals surface area contributed by atoms with Gasteiger partial charge in [0.05, 0.1) is 0 Å². The Hall–Kier alpha value is -1.88. The number of rotatable bonds is 0. The highest BCUT2D eigenvalue weighted by Gasteiger charge is 2.01. The van der Waals surface area contributed by atoms with Gasteiger partial charge in [0.25, 0.3) is 0 Å². The third-order valence-electron chi connectivity index (χ3n) is 2.13. The minimum absolute atomic E-state index is 0.501. The minimum atomic E-state index is 0.501. The van der Waals surface area contributed by atoms with E-state index < -0.39 is 0 Å². The molecule has 0 saturated carbocycles. The second-order valence-corrected chi connectivity index (χ2v) is 2.94. The summed E-state index contributed by atoms with van der Waals surface area (Å²) >= 11 is 0. The molecule has 2 rings (SSSR count). The van der Waals surface area contributed by atoms with Crippen LogP contribution >= 0.6 is 0 Å². The van der Waals surface area contributed by atoms with Gasteiger partial charge in [-0.1, -0.05) is 18.2 Å². The number of nitriles is 1. The van der Waals surface area contributed by atoms with E-state index in [4.69, 9.17) is 5.26 Å². The molecule has 2 heteroatoms. The van der Waals surface area contributed by atoms with E-state index in [1.165, 1.54) is 5.56 Å². The van der Waals surface area contributed by atoms with E-state index in [9.17, 15) is 0 Å². The number of fused-ring (bicyclic) bond motifs is 1. The molecule has 0 aliphatic carbocycles. The molecule has 0 aliphatic heterocycles. The van der Waals surface area contributed by atoms with Gasteiger partial charge < -0.3 is 0 Å². The zero-order chi connectivity index (χ0) is 9.26. The van der Waals surface area contributed by atoms with Crippen molar-refractivity contribution in [3.05, 3.63) is 41.7 Å². The summed E-state index contributed by atoms with van der Waals surface area (Å²) in [4.78, 5) is 4.01. The summed E-state index contributed by atoms with van der Waals surface area (Å²) in [6.07, 6.45) is 1.67. The molecule has 0 unspecified atom stereocenters. The summed E-state index contributed by atoms with van der Waals surface area (Å²) < 4.78 is 0. The number of hydrogen-bond donors (Lipinski definition) is 0. The topological polar surface area (TPSA) is 36.7 Å². The van der Waals surface area contributed by atoms with Gasteiger partial charge in [0.1, 0.15) is 11.8 Å². The van der Waals surface area contributed by atoms with Gasteiger partial charge in [-0.15, -0.1) is 0 Å². The summed E-state index contributed by atoms with van der Waals surface area (Å²) in [6, 6.07) is 9.92. The van der Waals surface area contributed by atoms with Crippen molar-refractivity contribution in [1.82, 2.24) is 4.98 Å². The average Bonchev–Trinajstić information content (AvgIpc) is 2.18. The van der Waals surface area contributed by atoms with Crippen molar-refractivity contribution in [3.8, 4) is 6.07 Å². The molecule has 1 aromatic carbocycles. The maximum absolute atomic E-state index is 8.81. The highest BCUT2D eigenvalue weighted by molar-refractivity contribution is 5.88. The van der Waals surface area contributed by atoms with Crippen molar-refractivity contribution < 1.29 is 0 Å². The fourth-order valence-corrected chi connectivity index (χ4v) is 1.45. The lowest BCUT2D eigenvalue weighted by Gasteiger charge is -2.01. The monoisotopic (exact) mass is 168 g/mol. The largest absolute Gasteiger partial charge is 0.245 e. The Morgan fingerprint density at radius 3 is 2.85 bits per heavy atom. The van der Waals surface area contributed by atoms with E-state index in [2.05, 4.69) is 11.1 Å². The Morgan fingerprint density at radius 1 is 1.23 bits per heavy atom. The molecule has 0 N–H and O–H groups in total. The SMILES string of the molecule is Cc1cccc2c(C#N)nccc12. The first-order valence-corrected chi connectivity index (χ1v) is 4.07. The zero-order valence-corrected chi connectivity index (χ0v) is 7.28. The van der Waals surface area contributed by atoms with Crippen molar-refractivity contribution in [2.45, 2.75) is 6.92 Å². The van der Waals surface area contributed by atoms with Crippen LogP contribution in [0.25, 0.3) is 10.8 Å². The minimum Gasteiger partial charge on any atom is -0.245 e.